The van der Waals surface area contributed by atoms with Crippen molar-refractivity contribution < 1.29 is 9.84 Å². The minimum atomic E-state index is -0.961. The van der Waals surface area contributed by atoms with Crippen molar-refractivity contribution in [1.29, 1.82) is 0 Å². The molecule has 1 saturated heterocycles. The molecule has 0 saturated carbocycles. The van der Waals surface area contributed by atoms with E-state index in [1.54, 1.807) is 4.68 Å². The Balaban J connectivity index is 1.69. The molecule has 0 bridgehead atoms. The van der Waals surface area contributed by atoms with E-state index >= 15 is 0 Å². The molecule has 4 heterocycles. The van der Waals surface area contributed by atoms with Gasteiger partial charge in [0.05, 0.1) is 28.2 Å². The van der Waals surface area contributed by atoms with Crippen molar-refractivity contribution in [2.24, 2.45) is 13.0 Å². The number of nitrogens with zero attached hydrogens (tertiary/aromatic N) is 5. The highest BCUT2D eigenvalue weighted by atomic mass is 16.5. The van der Waals surface area contributed by atoms with E-state index in [9.17, 15) is 5.11 Å². The summed E-state index contributed by atoms with van der Waals surface area (Å²) in [6.45, 7) is 5.18. The maximum atomic E-state index is 10.9. The molecular formula is C30H34N6O2. The van der Waals surface area contributed by atoms with Crippen LogP contribution in [0.2, 0.25) is 0 Å². The van der Waals surface area contributed by atoms with Crippen molar-refractivity contribution in [2.75, 3.05) is 25.6 Å². The van der Waals surface area contributed by atoms with Gasteiger partial charge in [-0.1, -0.05) is 47.7 Å². The number of aryl methyl sites for hydroxylation is 1. The third kappa shape index (κ3) is 4.14. The highest BCUT2D eigenvalue weighted by Gasteiger charge is 2.31. The van der Waals surface area contributed by atoms with E-state index in [0.29, 0.717) is 11.7 Å². The van der Waals surface area contributed by atoms with Crippen LogP contribution in [-0.2, 0) is 17.4 Å². The second-order valence-electron chi connectivity index (χ2n) is 10.7. The summed E-state index contributed by atoms with van der Waals surface area (Å²) in [6.07, 6.45) is 3.87. The first-order valence-electron chi connectivity index (χ1n) is 13.2. The number of benzene rings is 2. The number of pyridine rings is 1. The lowest BCUT2D eigenvalue weighted by Crippen LogP contribution is -2.27. The molecule has 1 atom stereocenters. The van der Waals surface area contributed by atoms with Crippen LogP contribution in [-0.4, -0.2) is 49.9 Å². The van der Waals surface area contributed by atoms with Gasteiger partial charge in [-0.2, -0.15) is 0 Å². The SMILES string of the molecule is CNc1nnn(C)c1-c1cnc2c3ccc(C(C)(C)O)cc3n(C(c3ccccc3)C3CCOCC3)c2c1. The Labute approximate surface area is 222 Å². The number of aromatic nitrogens is 5. The number of ether oxygens (including phenoxy) is 1. The fourth-order valence-electron chi connectivity index (χ4n) is 5.88. The summed E-state index contributed by atoms with van der Waals surface area (Å²) in [4.78, 5) is 5.01. The third-order valence-corrected chi connectivity index (χ3v) is 7.81. The van der Waals surface area contributed by atoms with E-state index in [1.807, 2.05) is 40.2 Å². The van der Waals surface area contributed by atoms with Gasteiger partial charge in [-0.05, 0) is 55.9 Å². The quantitative estimate of drug-likeness (QED) is 0.323. The van der Waals surface area contributed by atoms with Gasteiger partial charge in [-0.3, -0.25) is 4.98 Å². The van der Waals surface area contributed by atoms with Crippen molar-refractivity contribution >= 4 is 27.8 Å². The number of hydrogen-bond acceptors (Lipinski definition) is 6. The predicted molar refractivity (Wildman–Crippen MR) is 150 cm³/mol. The lowest BCUT2D eigenvalue weighted by molar-refractivity contribution is 0.0552. The van der Waals surface area contributed by atoms with Crippen LogP contribution in [0.25, 0.3) is 33.2 Å². The molecule has 2 N–H and O–H groups in total. The van der Waals surface area contributed by atoms with Gasteiger partial charge in [0, 0.05) is 44.5 Å². The Kier molecular flexibility index (Phi) is 6.16. The lowest BCUT2D eigenvalue weighted by atomic mass is 9.86. The molecule has 0 spiro atoms. The van der Waals surface area contributed by atoms with Gasteiger partial charge in [0.15, 0.2) is 5.82 Å². The monoisotopic (exact) mass is 510 g/mol. The number of aliphatic hydroxyl groups is 1. The minimum Gasteiger partial charge on any atom is -0.386 e. The Morgan fingerprint density at radius 1 is 1.05 bits per heavy atom. The van der Waals surface area contributed by atoms with Crippen LogP contribution < -0.4 is 5.32 Å². The van der Waals surface area contributed by atoms with Gasteiger partial charge < -0.3 is 19.7 Å². The van der Waals surface area contributed by atoms with Gasteiger partial charge in [0.25, 0.3) is 0 Å². The van der Waals surface area contributed by atoms with Crippen molar-refractivity contribution in [2.45, 2.75) is 38.3 Å². The second kappa shape index (κ2) is 9.53. The minimum absolute atomic E-state index is 0.0858. The molecule has 196 valence electrons. The maximum absolute atomic E-state index is 10.9. The van der Waals surface area contributed by atoms with E-state index in [-0.39, 0.29) is 6.04 Å². The van der Waals surface area contributed by atoms with Crippen molar-refractivity contribution in [3.63, 3.8) is 0 Å². The van der Waals surface area contributed by atoms with Crippen LogP contribution in [0.4, 0.5) is 5.82 Å². The van der Waals surface area contributed by atoms with E-state index in [1.165, 1.54) is 5.56 Å². The molecule has 8 heteroatoms. The molecule has 2 aromatic carbocycles. The van der Waals surface area contributed by atoms with Gasteiger partial charge in [-0.15, -0.1) is 5.10 Å². The summed E-state index contributed by atoms with van der Waals surface area (Å²) in [6, 6.07) is 19.3. The zero-order valence-corrected chi connectivity index (χ0v) is 22.3. The van der Waals surface area contributed by atoms with Crippen LogP contribution >= 0.6 is 0 Å². The molecule has 1 aliphatic rings. The Bertz CT molecular complexity index is 1590. The smallest absolute Gasteiger partial charge is 0.176 e. The first-order valence-corrected chi connectivity index (χ1v) is 13.2. The number of rotatable bonds is 6. The Morgan fingerprint density at radius 3 is 2.53 bits per heavy atom. The number of anilines is 1. The average molecular weight is 511 g/mol. The highest BCUT2D eigenvalue weighted by molar-refractivity contribution is 6.07. The number of nitrogens with one attached hydrogen (secondary N) is 1. The summed E-state index contributed by atoms with van der Waals surface area (Å²) in [5.74, 6) is 1.11. The van der Waals surface area contributed by atoms with E-state index < -0.39 is 5.60 Å². The second-order valence-corrected chi connectivity index (χ2v) is 10.7. The molecular weight excluding hydrogens is 476 g/mol. The number of fused-ring (bicyclic) bond motifs is 3. The van der Waals surface area contributed by atoms with E-state index in [2.05, 4.69) is 68.7 Å². The summed E-state index contributed by atoms with van der Waals surface area (Å²) < 4.78 is 10.00. The summed E-state index contributed by atoms with van der Waals surface area (Å²) in [7, 11) is 3.75. The first kappa shape index (κ1) is 24.6. The highest BCUT2D eigenvalue weighted by Crippen LogP contribution is 2.42. The normalized spacial score (nSPS) is 15.8. The Hall–Kier alpha value is -3.75. The summed E-state index contributed by atoms with van der Waals surface area (Å²) in [5, 5.41) is 23.7. The van der Waals surface area contributed by atoms with Gasteiger partial charge >= 0.3 is 0 Å². The van der Waals surface area contributed by atoms with Crippen LogP contribution in [0.5, 0.6) is 0 Å². The fraction of sp³-hybridized carbons (Fsp3) is 0.367. The largest absolute Gasteiger partial charge is 0.386 e. The zero-order valence-electron chi connectivity index (χ0n) is 22.3. The molecule has 0 radical (unpaired) electrons. The molecule has 6 rings (SSSR count). The standard InChI is InChI=1S/C30H34N6O2/c1-30(2,37)22-10-11-23-24(17-22)36(27(19-8-6-5-7-9-19)20-12-14-38-15-13-20)25-16-21(18-32-26(23)25)28-29(31-3)33-34-35(28)4/h5-11,16-18,20,27,31,37H,12-15H2,1-4H3. The van der Waals surface area contributed by atoms with E-state index in [0.717, 1.165) is 64.8 Å². The molecule has 8 nitrogen and oxygen atoms in total. The molecule has 0 aliphatic carbocycles. The molecule has 1 unspecified atom stereocenters. The van der Waals surface area contributed by atoms with Crippen molar-refractivity contribution in [3.8, 4) is 11.3 Å². The topological polar surface area (TPSA) is 90.0 Å². The lowest BCUT2D eigenvalue weighted by Gasteiger charge is -2.33. The van der Waals surface area contributed by atoms with Crippen LogP contribution in [0.1, 0.15) is 43.9 Å². The van der Waals surface area contributed by atoms with Gasteiger partial charge in [0.1, 0.15) is 5.69 Å². The van der Waals surface area contributed by atoms with Crippen molar-refractivity contribution in [1.82, 2.24) is 24.5 Å². The van der Waals surface area contributed by atoms with Crippen LogP contribution in [0.15, 0.2) is 60.8 Å². The molecule has 0 amide bonds. The maximum Gasteiger partial charge on any atom is 0.176 e. The first-order chi connectivity index (χ1) is 18.4. The molecule has 1 fully saturated rings. The van der Waals surface area contributed by atoms with E-state index in [4.69, 9.17) is 9.72 Å². The predicted octanol–water partition coefficient (Wildman–Crippen LogP) is 5.27. The van der Waals surface area contributed by atoms with Crippen LogP contribution in [0, 0.1) is 5.92 Å². The molecule has 3 aromatic heterocycles. The van der Waals surface area contributed by atoms with Crippen molar-refractivity contribution in [3.05, 3.63) is 71.9 Å². The number of hydrogen-bond donors (Lipinski definition) is 2. The molecule has 1 aliphatic heterocycles. The average Bonchev–Trinajstić information content (AvgIpc) is 3.46. The summed E-state index contributed by atoms with van der Waals surface area (Å²) >= 11 is 0. The Morgan fingerprint density at radius 2 is 1.82 bits per heavy atom. The molecule has 38 heavy (non-hydrogen) atoms. The molecule has 5 aromatic rings. The third-order valence-electron chi connectivity index (χ3n) is 7.81. The van der Waals surface area contributed by atoms with Gasteiger partial charge in [-0.25, -0.2) is 4.68 Å². The van der Waals surface area contributed by atoms with Gasteiger partial charge in [0.2, 0.25) is 0 Å². The fourth-order valence-corrected chi connectivity index (χ4v) is 5.88. The summed E-state index contributed by atoms with van der Waals surface area (Å²) in [5.41, 5.74) is 6.07. The van der Waals surface area contributed by atoms with Crippen LogP contribution in [0.3, 0.4) is 0 Å². The zero-order chi connectivity index (χ0) is 26.4.